The van der Waals surface area contributed by atoms with E-state index in [9.17, 15) is 9.18 Å². The number of aromatic nitrogens is 2. The Morgan fingerprint density at radius 2 is 2.26 bits per heavy atom. The number of rotatable bonds is 3. The van der Waals surface area contributed by atoms with E-state index >= 15 is 0 Å². The van der Waals surface area contributed by atoms with Crippen molar-refractivity contribution in [2.75, 3.05) is 11.1 Å². The average molecular weight is 262 g/mol. The Balaban J connectivity index is 2.20. The summed E-state index contributed by atoms with van der Waals surface area (Å²) in [5.74, 6) is -0.821. The molecule has 1 heterocycles. The van der Waals surface area contributed by atoms with Gasteiger partial charge in [0.15, 0.2) is 5.69 Å². The Morgan fingerprint density at radius 1 is 1.53 bits per heavy atom. The molecule has 1 amide bonds. The SMILES string of the molecule is CCn1cc(N)c(C(=O)Nc2ccc(C)c(F)c2)n1. The van der Waals surface area contributed by atoms with Crippen LogP contribution in [-0.4, -0.2) is 15.7 Å². The number of carbonyl (C=O) groups is 1. The highest BCUT2D eigenvalue weighted by Gasteiger charge is 2.15. The first-order chi connectivity index (χ1) is 9.01. The molecule has 0 saturated carbocycles. The summed E-state index contributed by atoms with van der Waals surface area (Å²) in [5.41, 5.74) is 7.04. The van der Waals surface area contributed by atoms with Crippen molar-refractivity contribution in [3.8, 4) is 0 Å². The van der Waals surface area contributed by atoms with Gasteiger partial charge in [0.1, 0.15) is 5.82 Å². The predicted molar refractivity (Wildman–Crippen MR) is 71.4 cm³/mol. The first-order valence-electron chi connectivity index (χ1n) is 5.91. The number of carbonyl (C=O) groups excluding carboxylic acids is 1. The van der Waals surface area contributed by atoms with Gasteiger partial charge in [-0.15, -0.1) is 0 Å². The minimum atomic E-state index is -0.451. The van der Waals surface area contributed by atoms with Crippen LogP contribution in [0.4, 0.5) is 15.8 Å². The number of anilines is 2. The first kappa shape index (κ1) is 13.1. The van der Waals surface area contributed by atoms with E-state index < -0.39 is 5.91 Å². The van der Waals surface area contributed by atoms with Crippen LogP contribution in [0.5, 0.6) is 0 Å². The van der Waals surface area contributed by atoms with Gasteiger partial charge in [-0.3, -0.25) is 9.48 Å². The number of hydrogen-bond acceptors (Lipinski definition) is 3. The average Bonchev–Trinajstić information content (AvgIpc) is 2.75. The molecule has 5 nitrogen and oxygen atoms in total. The van der Waals surface area contributed by atoms with E-state index in [4.69, 9.17) is 5.73 Å². The van der Waals surface area contributed by atoms with Crippen LogP contribution < -0.4 is 11.1 Å². The molecule has 1 aromatic carbocycles. The molecule has 0 fully saturated rings. The van der Waals surface area contributed by atoms with Crippen LogP contribution in [0.15, 0.2) is 24.4 Å². The number of halogens is 1. The topological polar surface area (TPSA) is 72.9 Å². The fourth-order valence-electron chi connectivity index (χ4n) is 1.64. The van der Waals surface area contributed by atoms with E-state index in [0.717, 1.165) is 0 Å². The van der Waals surface area contributed by atoms with Crippen LogP contribution in [0.25, 0.3) is 0 Å². The quantitative estimate of drug-likeness (QED) is 0.890. The maximum Gasteiger partial charge on any atom is 0.278 e. The molecule has 0 aliphatic rings. The number of benzene rings is 1. The van der Waals surface area contributed by atoms with E-state index in [1.54, 1.807) is 29.9 Å². The molecule has 2 rings (SSSR count). The largest absolute Gasteiger partial charge is 0.396 e. The summed E-state index contributed by atoms with van der Waals surface area (Å²) in [7, 11) is 0. The lowest BCUT2D eigenvalue weighted by atomic mass is 10.2. The van der Waals surface area contributed by atoms with Gasteiger partial charge in [0.25, 0.3) is 5.91 Å². The number of hydrogen-bond donors (Lipinski definition) is 2. The summed E-state index contributed by atoms with van der Waals surface area (Å²) in [6.07, 6.45) is 1.59. The van der Waals surface area contributed by atoms with Crippen LogP contribution in [0.3, 0.4) is 0 Å². The molecular weight excluding hydrogens is 247 g/mol. The van der Waals surface area contributed by atoms with E-state index in [1.165, 1.54) is 6.07 Å². The van der Waals surface area contributed by atoms with Gasteiger partial charge in [-0.05, 0) is 31.5 Å². The minimum Gasteiger partial charge on any atom is -0.396 e. The predicted octanol–water partition coefficient (Wildman–Crippen LogP) is 2.19. The van der Waals surface area contributed by atoms with Gasteiger partial charge in [0.2, 0.25) is 0 Å². The van der Waals surface area contributed by atoms with Crippen molar-refractivity contribution < 1.29 is 9.18 Å². The van der Waals surface area contributed by atoms with Crippen LogP contribution in [0.1, 0.15) is 23.0 Å². The molecule has 0 atom stereocenters. The van der Waals surface area contributed by atoms with Crippen LogP contribution >= 0.6 is 0 Å². The standard InChI is InChI=1S/C13H15FN4O/c1-3-18-7-11(15)12(17-18)13(19)16-9-5-4-8(2)10(14)6-9/h4-7H,3,15H2,1-2H3,(H,16,19). The lowest BCUT2D eigenvalue weighted by Crippen LogP contribution is -2.15. The minimum absolute atomic E-state index is 0.142. The van der Waals surface area contributed by atoms with Crippen LogP contribution in [0, 0.1) is 12.7 Å². The van der Waals surface area contributed by atoms with Crippen molar-refractivity contribution >= 4 is 17.3 Å². The third kappa shape index (κ3) is 2.73. The lowest BCUT2D eigenvalue weighted by molar-refractivity contribution is 0.102. The van der Waals surface area contributed by atoms with Crippen molar-refractivity contribution in [1.82, 2.24) is 9.78 Å². The van der Waals surface area contributed by atoms with E-state index in [-0.39, 0.29) is 11.5 Å². The third-order valence-corrected chi connectivity index (χ3v) is 2.76. The Kier molecular flexibility index (Phi) is 3.50. The molecule has 0 saturated heterocycles. The molecule has 3 N–H and O–H groups in total. The molecule has 0 radical (unpaired) electrons. The van der Waals surface area contributed by atoms with Crippen molar-refractivity contribution in [3.63, 3.8) is 0 Å². The van der Waals surface area contributed by atoms with Crippen LogP contribution in [0.2, 0.25) is 0 Å². The van der Waals surface area contributed by atoms with Gasteiger partial charge >= 0.3 is 0 Å². The summed E-state index contributed by atoms with van der Waals surface area (Å²) in [6, 6.07) is 4.49. The smallest absolute Gasteiger partial charge is 0.278 e. The van der Waals surface area contributed by atoms with Gasteiger partial charge in [0.05, 0.1) is 5.69 Å². The first-order valence-corrected chi connectivity index (χ1v) is 5.91. The summed E-state index contributed by atoms with van der Waals surface area (Å²) in [4.78, 5) is 12.0. The van der Waals surface area contributed by atoms with E-state index in [0.29, 0.717) is 23.5 Å². The number of nitrogen functional groups attached to an aromatic ring is 1. The van der Waals surface area contributed by atoms with Crippen LogP contribution in [-0.2, 0) is 6.54 Å². The second kappa shape index (κ2) is 5.09. The molecule has 100 valence electrons. The highest BCUT2D eigenvalue weighted by Crippen LogP contribution is 2.16. The zero-order chi connectivity index (χ0) is 14.0. The molecule has 2 aromatic rings. The Morgan fingerprint density at radius 3 is 2.84 bits per heavy atom. The van der Waals surface area contributed by atoms with Gasteiger partial charge in [-0.2, -0.15) is 5.10 Å². The molecule has 0 bridgehead atoms. The van der Waals surface area contributed by atoms with Crippen molar-refractivity contribution in [2.45, 2.75) is 20.4 Å². The summed E-state index contributed by atoms with van der Waals surface area (Å²) >= 11 is 0. The van der Waals surface area contributed by atoms with E-state index in [1.807, 2.05) is 6.92 Å². The van der Waals surface area contributed by atoms with Gasteiger partial charge in [-0.25, -0.2) is 4.39 Å². The Bertz CT molecular complexity index is 621. The molecule has 1 aromatic heterocycles. The second-order valence-corrected chi connectivity index (χ2v) is 4.21. The number of amides is 1. The van der Waals surface area contributed by atoms with E-state index in [2.05, 4.69) is 10.4 Å². The van der Waals surface area contributed by atoms with Crippen molar-refractivity contribution in [1.29, 1.82) is 0 Å². The van der Waals surface area contributed by atoms with Crippen molar-refractivity contribution in [3.05, 3.63) is 41.5 Å². The maximum absolute atomic E-state index is 13.4. The summed E-state index contributed by atoms with van der Waals surface area (Å²) < 4.78 is 14.9. The lowest BCUT2D eigenvalue weighted by Gasteiger charge is -2.05. The zero-order valence-electron chi connectivity index (χ0n) is 10.8. The van der Waals surface area contributed by atoms with Crippen molar-refractivity contribution in [2.24, 2.45) is 0 Å². The number of nitrogens with zero attached hydrogens (tertiary/aromatic N) is 2. The molecule has 0 unspecified atom stereocenters. The van der Waals surface area contributed by atoms with Gasteiger partial charge < -0.3 is 11.1 Å². The highest BCUT2D eigenvalue weighted by atomic mass is 19.1. The fraction of sp³-hybridized carbons (Fsp3) is 0.231. The molecular formula is C13H15FN4O. The zero-order valence-corrected chi connectivity index (χ0v) is 10.8. The number of nitrogens with one attached hydrogen (secondary N) is 1. The van der Waals surface area contributed by atoms with Gasteiger partial charge in [0, 0.05) is 18.4 Å². The summed E-state index contributed by atoms with van der Waals surface area (Å²) in [5, 5.41) is 6.62. The monoisotopic (exact) mass is 262 g/mol. The molecule has 0 aliphatic carbocycles. The number of nitrogens with two attached hydrogens (primary N) is 1. The molecule has 0 spiro atoms. The Labute approximate surface area is 110 Å². The highest BCUT2D eigenvalue weighted by molar-refractivity contribution is 6.06. The Hall–Kier alpha value is -2.37. The fourth-order valence-corrected chi connectivity index (χ4v) is 1.64. The van der Waals surface area contributed by atoms with Gasteiger partial charge in [-0.1, -0.05) is 6.07 Å². The number of aryl methyl sites for hydroxylation is 2. The summed E-state index contributed by atoms with van der Waals surface area (Å²) in [6.45, 7) is 4.17. The second-order valence-electron chi connectivity index (χ2n) is 4.21. The maximum atomic E-state index is 13.4. The molecule has 0 aliphatic heterocycles. The molecule has 6 heteroatoms. The third-order valence-electron chi connectivity index (χ3n) is 2.76. The normalized spacial score (nSPS) is 10.5. The molecule has 19 heavy (non-hydrogen) atoms.